The molecule has 1 aromatic carbocycles. The minimum absolute atomic E-state index is 0.0341. The summed E-state index contributed by atoms with van der Waals surface area (Å²) in [5.74, 6) is -0.116. The van der Waals surface area contributed by atoms with Gasteiger partial charge in [0.15, 0.2) is 0 Å². The van der Waals surface area contributed by atoms with Gasteiger partial charge < -0.3 is 16.4 Å². The Bertz CT molecular complexity index is 548. The summed E-state index contributed by atoms with van der Waals surface area (Å²) < 4.78 is 0. The van der Waals surface area contributed by atoms with Gasteiger partial charge >= 0.3 is 0 Å². The molecule has 0 unspecified atom stereocenters. The highest BCUT2D eigenvalue weighted by Crippen LogP contribution is 2.32. The number of anilines is 1. The minimum Gasteiger partial charge on any atom is -0.355 e. The van der Waals surface area contributed by atoms with Crippen molar-refractivity contribution in [3.05, 3.63) is 28.8 Å². The van der Waals surface area contributed by atoms with Crippen LogP contribution in [0.25, 0.3) is 0 Å². The first-order valence-corrected chi connectivity index (χ1v) is 7.47. The molecule has 1 aliphatic rings. The molecule has 0 spiro atoms. The van der Waals surface area contributed by atoms with Gasteiger partial charge in [0.25, 0.3) is 5.91 Å². The van der Waals surface area contributed by atoms with Crippen LogP contribution in [0.3, 0.4) is 0 Å². The van der Waals surface area contributed by atoms with Crippen LogP contribution in [-0.4, -0.2) is 25.4 Å². The third-order valence-corrected chi connectivity index (χ3v) is 4.33. The second kappa shape index (κ2) is 6.91. The predicted octanol–water partition coefficient (Wildman–Crippen LogP) is 2.01. The van der Waals surface area contributed by atoms with Gasteiger partial charge in [-0.25, -0.2) is 0 Å². The van der Waals surface area contributed by atoms with E-state index in [-0.39, 0.29) is 23.7 Å². The van der Waals surface area contributed by atoms with E-state index in [2.05, 4.69) is 10.6 Å². The number of hydrogen-bond donors (Lipinski definition) is 3. The number of rotatable bonds is 4. The van der Waals surface area contributed by atoms with Crippen molar-refractivity contribution in [1.82, 2.24) is 5.32 Å². The van der Waals surface area contributed by atoms with Crippen LogP contribution in [-0.2, 0) is 4.79 Å². The van der Waals surface area contributed by atoms with Crippen molar-refractivity contribution in [2.24, 2.45) is 17.6 Å². The maximum Gasteiger partial charge on any atom is 0.252 e. The van der Waals surface area contributed by atoms with Crippen LogP contribution in [0.2, 0.25) is 5.02 Å². The molecule has 1 aromatic rings. The lowest BCUT2D eigenvalue weighted by Crippen LogP contribution is -2.29. The van der Waals surface area contributed by atoms with E-state index in [1.807, 2.05) is 0 Å². The van der Waals surface area contributed by atoms with Crippen molar-refractivity contribution in [3.8, 4) is 0 Å². The molecule has 1 fully saturated rings. The zero-order chi connectivity index (χ0) is 15.4. The van der Waals surface area contributed by atoms with Gasteiger partial charge in [0.05, 0.1) is 10.6 Å². The molecule has 0 aromatic heterocycles. The van der Waals surface area contributed by atoms with E-state index in [4.69, 9.17) is 17.3 Å². The number of carbonyl (C=O) groups is 2. The first-order chi connectivity index (χ1) is 10.1. The summed E-state index contributed by atoms with van der Waals surface area (Å²) in [6.07, 6.45) is 2.90. The van der Waals surface area contributed by atoms with Gasteiger partial charge in [-0.2, -0.15) is 0 Å². The number of amides is 2. The average molecular weight is 310 g/mol. The first-order valence-electron chi connectivity index (χ1n) is 7.09. The van der Waals surface area contributed by atoms with E-state index in [0.29, 0.717) is 22.8 Å². The lowest BCUT2D eigenvalue weighted by atomic mass is 9.95. The highest BCUT2D eigenvalue weighted by molar-refractivity contribution is 6.34. The molecule has 0 aliphatic heterocycles. The second-order valence-electron chi connectivity index (χ2n) is 5.30. The summed E-state index contributed by atoms with van der Waals surface area (Å²) in [4.78, 5) is 24.0. The van der Waals surface area contributed by atoms with Crippen LogP contribution in [0.15, 0.2) is 18.2 Å². The molecule has 0 bridgehead atoms. The maximum atomic E-state index is 12.3. The van der Waals surface area contributed by atoms with Gasteiger partial charge in [0.2, 0.25) is 5.91 Å². The van der Waals surface area contributed by atoms with E-state index in [1.54, 1.807) is 18.2 Å². The fraction of sp³-hybridized carbons (Fsp3) is 0.467. The standard InChI is InChI=1S/C15H20ClN3O2/c1-18-14(20)12-7-10(5-6-13(12)16)19-15(21)11-4-2-3-9(11)8-17/h5-7,9,11H,2-4,8,17H2,1H3,(H,18,20)(H,19,21)/t9-,11-/m1/s1. The summed E-state index contributed by atoms with van der Waals surface area (Å²) in [5.41, 5.74) is 6.63. The zero-order valence-electron chi connectivity index (χ0n) is 12.0. The minimum atomic E-state index is -0.281. The van der Waals surface area contributed by atoms with Gasteiger partial charge in [0.1, 0.15) is 0 Å². The molecule has 2 atom stereocenters. The monoisotopic (exact) mass is 309 g/mol. The highest BCUT2D eigenvalue weighted by Gasteiger charge is 2.31. The molecule has 0 heterocycles. The Hall–Kier alpha value is -1.59. The molecular formula is C15H20ClN3O2. The number of carbonyl (C=O) groups excluding carboxylic acids is 2. The van der Waals surface area contributed by atoms with E-state index >= 15 is 0 Å². The van der Waals surface area contributed by atoms with Crippen molar-refractivity contribution in [1.29, 1.82) is 0 Å². The quantitative estimate of drug-likeness (QED) is 0.795. The van der Waals surface area contributed by atoms with Crippen LogP contribution in [0.5, 0.6) is 0 Å². The summed E-state index contributed by atoms with van der Waals surface area (Å²) in [7, 11) is 1.54. The third-order valence-electron chi connectivity index (χ3n) is 4.00. The SMILES string of the molecule is CNC(=O)c1cc(NC(=O)[C@@H]2CCC[C@@H]2CN)ccc1Cl. The Balaban J connectivity index is 2.12. The van der Waals surface area contributed by atoms with E-state index in [9.17, 15) is 9.59 Å². The Morgan fingerprint density at radius 2 is 2.14 bits per heavy atom. The second-order valence-corrected chi connectivity index (χ2v) is 5.70. The number of benzene rings is 1. The van der Waals surface area contributed by atoms with Gasteiger partial charge in [-0.1, -0.05) is 18.0 Å². The average Bonchev–Trinajstić information content (AvgIpc) is 2.97. The molecule has 2 rings (SSSR count). The zero-order valence-corrected chi connectivity index (χ0v) is 12.7. The summed E-state index contributed by atoms with van der Waals surface area (Å²) in [6.45, 7) is 0.530. The Morgan fingerprint density at radius 3 is 2.81 bits per heavy atom. The molecule has 0 saturated heterocycles. The van der Waals surface area contributed by atoms with Crippen LogP contribution >= 0.6 is 11.6 Å². The molecule has 2 amide bonds. The molecule has 1 aliphatic carbocycles. The van der Waals surface area contributed by atoms with Gasteiger partial charge in [-0.05, 0) is 43.5 Å². The Kier molecular flexibility index (Phi) is 5.20. The van der Waals surface area contributed by atoms with Gasteiger partial charge in [-0.15, -0.1) is 0 Å². The highest BCUT2D eigenvalue weighted by atomic mass is 35.5. The van der Waals surface area contributed by atoms with Crippen LogP contribution in [0.1, 0.15) is 29.6 Å². The number of nitrogens with two attached hydrogens (primary N) is 1. The van der Waals surface area contributed by atoms with Gasteiger partial charge in [-0.3, -0.25) is 9.59 Å². The molecule has 0 radical (unpaired) electrons. The fourth-order valence-corrected chi connectivity index (χ4v) is 3.01. The topological polar surface area (TPSA) is 84.2 Å². The number of halogens is 1. The third kappa shape index (κ3) is 3.54. The van der Waals surface area contributed by atoms with Crippen molar-refractivity contribution in [3.63, 3.8) is 0 Å². The van der Waals surface area contributed by atoms with Crippen molar-refractivity contribution >= 4 is 29.1 Å². The molecule has 4 N–H and O–H groups in total. The fourth-order valence-electron chi connectivity index (χ4n) is 2.81. The normalized spacial score (nSPS) is 21.1. The summed E-state index contributed by atoms with van der Waals surface area (Å²) >= 11 is 5.99. The summed E-state index contributed by atoms with van der Waals surface area (Å²) in [5, 5.41) is 5.74. The smallest absolute Gasteiger partial charge is 0.252 e. The predicted molar refractivity (Wildman–Crippen MR) is 83.4 cm³/mol. The largest absolute Gasteiger partial charge is 0.355 e. The van der Waals surface area contributed by atoms with Crippen LogP contribution in [0.4, 0.5) is 5.69 Å². The van der Waals surface area contributed by atoms with E-state index < -0.39 is 0 Å². The first kappa shape index (κ1) is 15.8. The lowest BCUT2D eigenvalue weighted by molar-refractivity contribution is -0.120. The molecule has 114 valence electrons. The number of hydrogen-bond acceptors (Lipinski definition) is 3. The van der Waals surface area contributed by atoms with Crippen molar-refractivity contribution < 1.29 is 9.59 Å². The van der Waals surface area contributed by atoms with E-state index in [0.717, 1.165) is 19.3 Å². The molecule has 21 heavy (non-hydrogen) atoms. The van der Waals surface area contributed by atoms with Crippen molar-refractivity contribution in [2.75, 3.05) is 18.9 Å². The van der Waals surface area contributed by atoms with Crippen molar-refractivity contribution in [2.45, 2.75) is 19.3 Å². The molecular weight excluding hydrogens is 290 g/mol. The van der Waals surface area contributed by atoms with Crippen LogP contribution < -0.4 is 16.4 Å². The number of nitrogens with one attached hydrogen (secondary N) is 2. The van der Waals surface area contributed by atoms with Gasteiger partial charge in [0, 0.05) is 18.7 Å². The molecule has 5 nitrogen and oxygen atoms in total. The lowest BCUT2D eigenvalue weighted by Gasteiger charge is -2.17. The Morgan fingerprint density at radius 1 is 1.38 bits per heavy atom. The molecule has 6 heteroatoms. The van der Waals surface area contributed by atoms with E-state index in [1.165, 1.54) is 7.05 Å². The summed E-state index contributed by atoms with van der Waals surface area (Å²) in [6, 6.07) is 4.89. The molecule has 1 saturated carbocycles. The Labute approximate surface area is 129 Å². The van der Waals surface area contributed by atoms with Crippen LogP contribution in [0, 0.1) is 11.8 Å². The maximum absolute atomic E-state index is 12.3.